The highest BCUT2D eigenvalue weighted by atomic mass is 16.3. The maximum Gasteiger partial charge on any atom is 0.260 e. The molecule has 6 atom stereocenters. The number of phenols is 1. The normalized spacial score (nSPS) is 28.1. The highest BCUT2D eigenvalue weighted by Crippen LogP contribution is 2.64. The Morgan fingerprint density at radius 2 is 1.40 bits per heavy atom. The number of rotatable bonds is 5. The van der Waals surface area contributed by atoms with Gasteiger partial charge in [0.1, 0.15) is 5.75 Å². The van der Waals surface area contributed by atoms with E-state index in [0.29, 0.717) is 23.4 Å². The summed E-state index contributed by atoms with van der Waals surface area (Å²) in [5, 5.41) is 11.4. The minimum absolute atomic E-state index is 0.0793. The zero-order chi connectivity index (χ0) is 32.4. The van der Waals surface area contributed by atoms with E-state index < -0.39 is 35.0 Å². The molecule has 2 aliphatic carbocycles. The third kappa shape index (κ3) is 4.20. The minimum Gasteiger partial charge on any atom is -0.508 e. The number of allylic oxidation sites excluding steroid dienone is 2. The Balaban J connectivity index is 1.31. The Morgan fingerprint density at radius 1 is 0.745 bits per heavy atom. The molecule has 2 heterocycles. The molecule has 4 aromatic rings. The molecule has 4 aliphatic rings. The smallest absolute Gasteiger partial charge is 0.260 e. The van der Waals surface area contributed by atoms with Gasteiger partial charge in [0, 0.05) is 5.92 Å². The number of nitrogens with one attached hydrogen (secondary N) is 1. The number of para-hydroxylation sites is 1. The van der Waals surface area contributed by atoms with E-state index in [0.717, 1.165) is 21.7 Å². The molecular weight excluding hydrogens is 590 g/mol. The fourth-order valence-electron chi connectivity index (χ4n) is 8.62. The molecule has 8 rings (SSSR count). The number of benzene rings is 4. The van der Waals surface area contributed by atoms with Crippen molar-refractivity contribution in [3.05, 3.63) is 138 Å². The van der Waals surface area contributed by atoms with Gasteiger partial charge in [0.25, 0.3) is 11.8 Å². The lowest BCUT2D eigenvalue weighted by Gasteiger charge is -2.50. The van der Waals surface area contributed by atoms with E-state index in [1.807, 2.05) is 73.7 Å². The molecule has 47 heavy (non-hydrogen) atoms. The number of imide groups is 2. The van der Waals surface area contributed by atoms with Gasteiger partial charge in [-0.25, -0.2) is 0 Å². The van der Waals surface area contributed by atoms with E-state index in [1.165, 1.54) is 4.90 Å². The summed E-state index contributed by atoms with van der Waals surface area (Å²) in [6.45, 7) is 1.97. The first-order valence-electron chi connectivity index (χ1n) is 16.0. The van der Waals surface area contributed by atoms with Crippen molar-refractivity contribution in [2.24, 2.45) is 23.7 Å². The number of amides is 4. The lowest BCUT2D eigenvalue weighted by atomic mass is 9.49. The van der Waals surface area contributed by atoms with E-state index in [-0.39, 0.29) is 35.8 Å². The maximum atomic E-state index is 15.1. The van der Waals surface area contributed by atoms with Gasteiger partial charge in [-0.05, 0) is 73.2 Å². The standard InChI is InChI=1S/C39H33N3O5/c1-23-12-16-26(17-13-23)40-42-36(45)32-22-31-29(20-21-30-33(31)37(46)41(35(30)44)27-10-6-3-7-11-27)34(24-14-18-28(43)19-15-24)39(32,38(42)47)25-8-4-2-5-9-25/h2-20,30-34,40,43H,21-22H2,1H3. The Kier molecular flexibility index (Phi) is 6.65. The van der Waals surface area contributed by atoms with Crippen molar-refractivity contribution in [1.29, 1.82) is 0 Å². The number of carbonyl (C=O) groups is 4. The summed E-state index contributed by atoms with van der Waals surface area (Å²) in [6.07, 6.45) is 2.62. The second kappa shape index (κ2) is 10.8. The average molecular weight is 624 g/mol. The molecule has 2 aliphatic heterocycles. The van der Waals surface area contributed by atoms with Crippen molar-refractivity contribution in [2.75, 3.05) is 10.3 Å². The lowest BCUT2D eigenvalue weighted by Crippen LogP contribution is -2.53. The van der Waals surface area contributed by atoms with Gasteiger partial charge in [0.2, 0.25) is 11.8 Å². The van der Waals surface area contributed by atoms with E-state index >= 15 is 4.79 Å². The van der Waals surface area contributed by atoms with Crippen molar-refractivity contribution >= 4 is 35.0 Å². The van der Waals surface area contributed by atoms with Crippen LogP contribution in [0.15, 0.2) is 121 Å². The highest BCUT2D eigenvalue weighted by Gasteiger charge is 2.70. The van der Waals surface area contributed by atoms with Gasteiger partial charge in [-0.15, -0.1) is 0 Å². The molecule has 2 N–H and O–H groups in total. The van der Waals surface area contributed by atoms with Crippen LogP contribution in [0.4, 0.5) is 11.4 Å². The highest BCUT2D eigenvalue weighted by molar-refractivity contribution is 6.22. The van der Waals surface area contributed by atoms with Crippen LogP contribution in [0, 0.1) is 30.6 Å². The number of hydrazine groups is 1. The molecule has 0 bridgehead atoms. The Morgan fingerprint density at radius 3 is 2.09 bits per heavy atom. The minimum atomic E-state index is -1.34. The largest absolute Gasteiger partial charge is 0.508 e. The maximum absolute atomic E-state index is 15.1. The quantitative estimate of drug-likeness (QED) is 0.212. The Bertz CT molecular complexity index is 1940. The summed E-state index contributed by atoms with van der Waals surface area (Å²) in [7, 11) is 0. The first kappa shape index (κ1) is 28.9. The Hall–Kier alpha value is -5.50. The van der Waals surface area contributed by atoms with Gasteiger partial charge in [-0.2, -0.15) is 5.01 Å². The second-order valence-corrected chi connectivity index (χ2v) is 13.0. The van der Waals surface area contributed by atoms with Gasteiger partial charge in [0.15, 0.2) is 0 Å². The van der Waals surface area contributed by atoms with Crippen molar-refractivity contribution < 1.29 is 24.3 Å². The SMILES string of the molecule is Cc1ccc(NN2C(=O)C3CC4C(=CCC5C(=O)N(c6ccccc6)C(=O)C54)C(c4ccc(O)cc4)C3(c3ccccc3)C2=O)cc1. The van der Waals surface area contributed by atoms with Gasteiger partial charge in [-0.1, -0.05) is 90.0 Å². The molecule has 1 saturated carbocycles. The zero-order valence-corrected chi connectivity index (χ0v) is 25.7. The fourth-order valence-corrected chi connectivity index (χ4v) is 8.62. The second-order valence-electron chi connectivity index (χ2n) is 13.0. The monoisotopic (exact) mass is 623 g/mol. The molecule has 4 aromatic carbocycles. The van der Waals surface area contributed by atoms with E-state index in [1.54, 1.807) is 48.5 Å². The molecule has 8 nitrogen and oxygen atoms in total. The van der Waals surface area contributed by atoms with Crippen LogP contribution in [-0.2, 0) is 24.6 Å². The molecule has 0 aromatic heterocycles. The molecule has 2 saturated heterocycles. The van der Waals surface area contributed by atoms with Crippen molar-refractivity contribution in [3.63, 3.8) is 0 Å². The third-order valence-electron chi connectivity index (χ3n) is 10.6. The number of aromatic hydroxyl groups is 1. The average Bonchev–Trinajstić information content (AvgIpc) is 3.48. The molecule has 4 amide bonds. The molecule has 0 radical (unpaired) electrons. The predicted octanol–water partition coefficient (Wildman–Crippen LogP) is 5.89. The van der Waals surface area contributed by atoms with E-state index in [4.69, 9.17) is 0 Å². The van der Waals surface area contributed by atoms with E-state index in [2.05, 4.69) is 5.43 Å². The molecule has 3 fully saturated rings. The number of hydrogen-bond acceptors (Lipinski definition) is 6. The number of anilines is 2. The van der Waals surface area contributed by atoms with Crippen LogP contribution in [0.3, 0.4) is 0 Å². The fraction of sp³-hybridized carbons (Fsp3) is 0.231. The molecule has 0 spiro atoms. The molecular formula is C39H33N3O5. The molecule has 234 valence electrons. The Labute approximate surface area is 272 Å². The van der Waals surface area contributed by atoms with Crippen LogP contribution in [0.2, 0.25) is 0 Å². The topological polar surface area (TPSA) is 107 Å². The van der Waals surface area contributed by atoms with Gasteiger partial charge >= 0.3 is 0 Å². The summed E-state index contributed by atoms with van der Waals surface area (Å²) in [5.41, 5.74) is 6.29. The summed E-state index contributed by atoms with van der Waals surface area (Å²) in [6, 6.07) is 32.6. The molecule has 8 heteroatoms. The number of nitrogens with zero attached hydrogens (tertiary/aromatic N) is 2. The first-order chi connectivity index (χ1) is 22.8. The number of carbonyl (C=O) groups excluding carboxylic acids is 4. The van der Waals surface area contributed by atoms with Crippen molar-refractivity contribution in [3.8, 4) is 5.75 Å². The number of phenolic OH excluding ortho intramolecular Hbond substituents is 1. The number of hydrogen-bond donors (Lipinski definition) is 2. The summed E-state index contributed by atoms with van der Waals surface area (Å²) < 4.78 is 0. The van der Waals surface area contributed by atoms with Crippen LogP contribution in [0.5, 0.6) is 5.75 Å². The summed E-state index contributed by atoms with van der Waals surface area (Å²) >= 11 is 0. The van der Waals surface area contributed by atoms with Crippen LogP contribution in [0.25, 0.3) is 0 Å². The van der Waals surface area contributed by atoms with Crippen LogP contribution < -0.4 is 10.3 Å². The number of aryl methyl sites for hydroxylation is 1. The van der Waals surface area contributed by atoms with Crippen LogP contribution in [0.1, 0.15) is 35.4 Å². The lowest BCUT2D eigenvalue weighted by molar-refractivity contribution is -0.138. The van der Waals surface area contributed by atoms with Crippen molar-refractivity contribution in [1.82, 2.24) is 5.01 Å². The van der Waals surface area contributed by atoms with Crippen LogP contribution >= 0.6 is 0 Å². The van der Waals surface area contributed by atoms with Gasteiger partial charge in [0.05, 0.1) is 34.5 Å². The summed E-state index contributed by atoms with van der Waals surface area (Å²) in [4.78, 5) is 59.2. The summed E-state index contributed by atoms with van der Waals surface area (Å²) in [5.74, 6) is -4.32. The van der Waals surface area contributed by atoms with Gasteiger partial charge < -0.3 is 5.11 Å². The predicted molar refractivity (Wildman–Crippen MR) is 176 cm³/mol. The third-order valence-corrected chi connectivity index (χ3v) is 10.6. The van der Waals surface area contributed by atoms with E-state index in [9.17, 15) is 19.5 Å². The molecule has 6 unspecified atom stereocenters. The van der Waals surface area contributed by atoms with Crippen LogP contribution in [-0.4, -0.2) is 33.7 Å². The number of fused-ring (bicyclic) bond motifs is 4. The zero-order valence-electron chi connectivity index (χ0n) is 25.7. The van der Waals surface area contributed by atoms with Crippen molar-refractivity contribution in [2.45, 2.75) is 31.1 Å². The first-order valence-corrected chi connectivity index (χ1v) is 16.0. The van der Waals surface area contributed by atoms with Gasteiger partial charge in [-0.3, -0.25) is 29.5 Å².